The van der Waals surface area contributed by atoms with Gasteiger partial charge in [-0.05, 0) is 56.6 Å². The second-order valence-electron chi connectivity index (χ2n) is 10.4. The lowest BCUT2D eigenvalue weighted by atomic mass is 9.73. The zero-order valence-electron chi connectivity index (χ0n) is 20.8. The van der Waals surface area contributed by atoms with Crippen LogP contribution in [-0.2, 0) is 14.4 Å². The Labute approximate surface area is 207 Å². The van der Waals surface area contributed by atoms with Crippen LogP contribution in [0.15, 0.2) is 18.3 Å². The van der Waals surface area contributed by atoms with Crippen LogP contribution in [0, 0.1) is 18.3 Å². The number of aryl methyl sites for hydroxylation is 1. The minimum Gasteiger partial charge on any atom is -0.351 e. The number of carbonyl (C=O) groups excluding carboxylic acids is 4. The molecule has 3 fully saturated rings. The number of hydrogen-bond acceptors (Lipinski definition) is 5. The summed E-state index contributed by atoms with van der Waals surface area (Å²) in [4.78, 5) is 58.8. The first-order chi connectivity index (χ1) is 16.8. The van der Waals surface area contributed by atoms with Crippen LogP contribution in [-0.4, -0.2) is 77.2 Å². The van der Waals surface area contributed by atoms with Gasteiger partial charge in [0.05, 0.1) is 12.0 Å². The molecule has 3 aliphatic heterocycles. The minimum atomic E-state index is -0.577. The summed E-state index contributed by atoms with van der Waals surface area (Å²) in [5.41, 5.74) is 0.731. The van der Waals surface area contributed by atoms with Crippen molar-refractivity contribution in [2.24, 2.45) is 11.3 Å². The predicted octanol–water partition coefficient (Wildman–Crippen LogP) is 1.66. The predicted molar refractivity (Wildman–Crippen MR) is 130 cm³/mol. The lowest BCUT2D eigenvalue weighted by Gasteiger charge is -2.42. The number of nitrogens with zero attached hydrogens (tertiary/aromatic N) is 3. The number of amides is 4. The Balaban J connectivity index is 1.42. The van der Waals surface area contributed by atoms with Crippen molar-refractivity contribution in [3.05, 3.63) is 29.6 Å². The number of aromatic nitrogens is 1. The summed E-state index contributed by atoms with van der Waals surface area (Å²) < 4.78 is 0. The lowest BCUT2D eigenvalue weighted by Crippen LogP contribution is -2.55. The van der Waals surface area contributed by atoms with E-state index in [1.165, 1.54) is 0 Å². The summed E-state index contributed by atoms with van der Waals surface area (Å²) in [6.07, 6.45) is 7.00. The summed E-state index contributed by atoms with van der Waals surface area (Å²) in [6, 6.07) is 3.73. The number of fused-ring (bicyclic) bond motifs is 1. The Bertz CT molecular complexity index is 972. The van der Waals surface area contributed by atoms with E-state index < -0.39 is 5.41 Å². The van der Waals surface area contributed by atoms with Crippen LogP contribution in [0.5, 0.6) is 0 Å². The fraction of sp³-hybridized carbons (Fsp3) is 0.654. The molecule has 2 N–H and O–H groups in total. The molecule has 2 atom stereocenters. The second kappa shape index (κ2) is 10.7. The van der Waals surface area contributed by atoms with Gasteiger partial charge in [0.15, 0.2) is 0 Å². The van der Waals surface area contributed by atoms with Crippen LogP contribution < -0.4 is 10.6 Å². The van der Waals surface area contributed by atoms with Gasteiger partial charge in [-0.1, -0.05) is 18.9 Å². The number of likely N-dealkylation sites (tertiary alicyclic amines) is 2. The minimum absolute atomic E-state index is 0.0349. The van der Waals surface area contributed by atoms with Crippen molar-refractivity contribution in [2.45, 2.75) is 64.8 Å². The van der Waals surface area contributed by atoms with Crippen LogP contribution in [0.4, 0.5) is 0 Å². The number of piperidine rings is 2. The van der Waals surface area contributed by atoms with E-state index in [1.54, 1.807) is 18.0 Å². The third-order valence-electron chi connectivity index (χ3n) is 8.12. The Morgan fingerprint density at radius 2 is 1.83 bits per heavy atom. The quantitative estimate of drug-likeness (QED) is 0.631. The molecule has 1 aromatic heterocycles. The third-order valence-corrected chi connectivity index (χ3v) is 8.12. The molecule has 4 amide bonds. The summed E-state index contributed by atoms with van der Waals surface area (Å²) in [6.45, 7) is 5.74. The molecule has 3 saturated heterocycles. The van der Waals surface area contributed by atoms with Crippen molar-refractivity contribution in [1.82, 2.24) is 25.4 Å². The molecule has 1 spiro atoms. The highest BCUT2D eigenvalue weighted by molar-refractivity contribution is 5.94. The maximum atomic E-state index is 13.3. The summed E-state index contributed by atoms with van der Waals surface area (Å²) >= 11 is 0. The van der Waals surface area contributed by atoms with Gasteiger partial charge in [0.2, 0.25) is 17.7 Å². The Morgan fingerprint density at radius 3 is 2.54 bits per heavy atom. The van der Waals surface area contributed by atoms with Gasteiger partial charge in [0.1, 0.15) is 5.69 Å². The average Bonchev–Trinajstić information content (AvgIpc) is 2.85. The van der Waals surface area contributed by atoms with Crippen molar-refractivity contribution < 1.29 is 19.2 Å². The zero-order chi connectivity index (χ0) is 25.0. The molecule has 0 aliphatic carbocycles. The fourth-order valence-corrected chi connectivity index (χ4v) is 5.86. The van der Waals surface area contributed by atoms with Gasteiger partial charge in [-0.3, -0.25) is 24.2 Å². The monoisotopic (exact) mass is 483 g/mol. The van der Waals surface area contributed by atoms with Gasteiger partial charge in [-0.25, -0.2) is 0 Å². The van der Waals surface area contributed by atoms with Gasteiger partial charge in [0, 0.05) is 45.3 Å². The molecule has 35 heavy (non-hydrogen) atoms. The summed E-state index contributed by atoms with van der Waals surface area (Å²) in [5, 5.41) is 5.99. The second-order valence-corrected chi connectivity index (χ2v) is 10.4. The molecule has 0 bridgehead atoms. The highest BCUT2D eigenvalue weighted by Crippen LogP contribution is 2.38. The standard InChI is InChI=1S/C26H37N5O4/c1-18-6-5-12-27-23(18)24(34)30-14-10-26(11-15-30)9-4-3-7-20-17-31(19(2)32)13-8-21(20)29-22(33)16-28-25(26)35/h5-6,12,20-21H,3-4,7-11,13-17H2,1-2H3,(H,28,35)(H,29,33)/t20-,21+/m0/s1. The van der Waals surface area contributed by atoms with Crippen LogP contribution in [0.1, 0.15) is 67.9 Å². The Morgan fingerprint density at radius 1 is 1.06 bits per heavy atom. The molecule has 0 radical (unpaired) electrons. The molecule has 190 valence electrons. The van der Waals surface area contributed by atoms with Crippen molar-refractivity contribution in [1.29, 1.82) is 0 Å². The maximum absolute atomic E-state index is 13.3. The first-order valence-electron chi connectivity index (χ1n) is 12.8. The Hall–Kier alpha value is -2.97. The molecule has 4 heterocycles. The molecule has 9 heteroatoms. The van der Waals surface area contributed by atoms with E-state index in [4.69, 9.17) is 0 Å². The first kappa shape index (κ1) is 25.1. The number of carbonyl (C=O) groups is 4. The molecule has 3 aliphatic rings. The molecule has 0 saturated carbocycles. The summed E-state index contributed by atoms with van der Waals surface area (Å²) in [7, 11) is 0. The molecular formula is C26H37N5O4. The molecule has 1 aromatic rings. The SMILES string of the molecule is CC(=O)N1CC[C@H]2NC(=O)CNC(=O)C3(CCCC[C@H]2C1)CCN(C(=O)c1ncccc1C)CC3. The van der Waals surface area contributed by atoms with E-state index in [0.29, 0.717) is 44.7 Å². The number of pyridine rings is 1. The highest BCUT2D eigenvalue weighted by Gasteiger charge is 2.42. The third kappa shape index (κ3) is 5.65. The highest BCUT2D eigenvalue weighted by atomic mass is 16.2. The van der Waals surface area contributed by atoms with Crippen LogP contribution >= 0.6 is 0 Å². The Kier molecular flexibility index (Phi) is 7.72. The molecular weight excluding hydrogens is 446 g/mol. The van der Waals surface area contributed by atoms with Gasteiger partial charge >= 0.3 is 0 Å². The fourth-order valence-electron chi connectivity index (χ4n) is 5.86. The maximum Gasteiger partial charge on any atom is 0.272 e. The van der Waals surface area contributed by atoms with Crippen LogP contribution in [0.2, 0.25) is 0 Å². The van der Waals surface area contributed by atoms with E-state index in [0.717, 1.165) is 37.7 Å². The van der Waals surface area contributed by atoms with Gasteiger partial charge in [0.25, 0.3) is 5.91 Å². The lowest BCUT2D eigenvalue weighted by molar-refractivity contribution is -0.137. The zero-order valence-corrected chi connectivity index (χ0v) is 20.8. The van der Waals surface area contributed by atoms with Gasteiger partial charge in [-0.15, -0.1) is 0 Å². The number of hydrogen-bond donors (Lipinski definition) is 2. The molecule has 0 unspecified atom stereocenters. The molecule has 9 nitrogen and oxygen atoms in total. The number of nitrogens with one attached hydrogen (secondary N) is 2. The normalized spacial score (nSPS) is 25.5. The van der Waals surface area contributed by atoms with Crippen molar-refractivity contribution >= 4 is 23.6 Å². The molecule has 4 rings (SSSR count). The van der Waals surface area contributed by atoms with Gasteiger partial charge < -0.3 is 20.4 Å². The molecule has 0 aromatic carbocycles. The van der Waals surface area contributed by atoms with E-state index >= 15 is 0 Å². The van der Waals surface area contributed by atoms with E-state index in [-0.39, 0.29) is 42.1 Å². The van der Waals surface area contributed by atoms with E-state index in [2.05, 4.69) is 15.6 Å². The van der Waals surface area contributed by atoms with Crippen LogP contribution in [0.25, 0.3) is 0 Å². The average molecular weight is 484 g/mol. The van der Waals surface area contributed by atoms with Crippen LogP contribution in [0.3, 0.4) is 0 Å². The topological polar surface area (TPSA) is 112 Å². The van der Waals surface area contributed by atoms with E-state index in [1.807, 2.05) is 24.0 Å². The van der Waals surface area contributed by atoms with Crippen molar-refractivity contribution in [3.63, 3.8) is 0 Å². The first-order valence-corrected chi connectivity index (χ1v) is 12.8. The van der Waals surface area contributed by atoms with Crippen molar-refractivity contribution in [3.8, 4) is 0 Å². The number of rotatable bonds is 1. The van der Waals surface area contributed by atoms with Gasteiger partial charge in [-0.2, -0.15) is 0 Å². The summed E-state index contributed by atoms with van der Waals surface area (Å²) in [5.74, 6) is -0.0572. The smallest absolute Gasteiger partial charge is 0.272 e. The van der Waals surface area contributed by atoms with E-state index in [9.17, 15) is 19.2 Å². The largest absolute Gasteiger partial charge is 0.351 e. The van der Waals surface area contributed by atoms with Crippen molar-refractivity contribution in [2.75, 3.05) is 32.7 Å².